The summed E-state index contributed by atoms with van der Waals surface area (Å²) in [6, 6.07) is 12.1. The van der Waals surface area contributed by atoms with Gasteiger partial charge < -0.3 is 4.74 Å². The van der Waals surface area contributed by atoms with Gasteiger partial charge in [0, 0.05) is 0 Å². The highest BCUT2D eigenvalue weighted by atomic mass is 35.5. The third kappa shape index (κ3) is 3.20. The second-order valence-electron chi connectivity index (χ2n) is 5.24. The quantitative estimate of drug-likeness (QED) is 0.620. The zero-order valence-corrected chi connectivity index (χ0v) is 13.5. The highest BCUT2D eigenvalue weighted by molar-refractivity contribution is 7.17. The molecule has 3 rings (SSSR count). The molecule has 0 amide bonds. The molecule has 0 fully saturated rings. The second-order valence-corrected chi connectivity index (χ2v) is 6.59. The molecule has 0 aliphatic carbocycles. The summed E-state index contributed by atoms with van der Waals surface area (Å²) < 4.78 is 6.98. The third-order valence-electron chi connectivity index (χ3n) is 3.36. The Balaban J connectivity index is 1.74. The fraction of sp³-hybridized carbons (Fsp3) is 0.235. The van der Waals surface area contributed by atoms with E-state index >= 15 is 0 Å². The van der Waals surface area contributed by atoms with E-state index in [4.69, 9.17) is 16.3 Å². The first-order valence-corrected chi connectivity index (χ1v) is 8.14. The molecular weight excluding hydrogens is 302 g/mol. The van der Waals surface area contributed by atoms with Gasteiger partial charge in [-0.3, -0.25) is 0 Å². The molecule has 2 nitrogen and oxygen atoms in total. The minimum atomic E-state index is 0.423. The molecule has 0 unspecified atom stereocenters. The largest absolute Gasteiger partial charge is 0.486 e. The molecule has 1 aromatic carbocycles. The minimum absolute atomic E-state index is 0.423. The van der Waals surface area contributed by atoms with Gasteiger partial charge in [-0.05, 0) is 47.2 Å². The number of thiophene rings is 1. The van der Waals surface area contributed by atoms with Crippen molar-refractivity contribution < 1.29 is 4.74 Å². The van der Waals surface area contributed by atoms with Crippen molar-refractivity contribution in [2.24, 2.45) is 0 Å². The lowest BCUT2D eigenvalue weighted by molar-refractivity contribution is 0.302. The smallest absolute Gasteiger partial charge is 0.138 e. The molecule has 0 N–H and O–H groups in total. The van der Waals surface area contributed by atoms with E-state index in [1.807, 2.05) is 29.6 Å². The van der Waals surface area contributed by atoms with Gasteiger partial charge in [-0.2, -0.15) is 0 Å². The van der Waals surface area contributed by atoms with Crippen LogP contribution < -0.4 is 4.74 Å². The Morgan fingerprint density at radius 2 is 2.05 bits per heavy atom. The van der Waals surface area contributed by atoms with Gasteiger partial charge in [0.05, 0.1) is 20.9 Å². The maximum atomic E-state index is 6.27. The van der Waals surface area contributed by atoms with Crippen LogP contribution in [0.15, 0.2) is 41.8 Å². The summed E-state index contributed by atoms with van der Waals surface area (Å²) in [4.78, 5) is 4.57. The molecular formula is C17H16ClNOS. The second kappa shape index (κ2) is 6.04. The number of fused-ring (bicyclic) bond motifs is 1. The SMILES string of the molecule is CC(C)c1ccc(OCc2ccc3sccc3n2)c(Cl)c1. The summed E-state index contributed by atoms with van der Waals surface area (Å²) in [5.74, 6) is 1.16. The van der Waals surface area contributed by atoms with E-state index in [-0.39, 0.29) is 0 Å². The van der Waals surface area contributed by atoms with Crippen LogP contribution >= 0.6 is 22.9 Å². The first-order valence-electron chi connectivity index (χ1n) is 6.89. The van der Waals surface area contributed by atoms with Crippen LogP contribution in [0.2, 0.25) is 5.02 Å². The molecule has 0 saturated carbocycles. The van der Waals surface area contributed by atoms with Gasteiger partial charge in [-0.1, -0.05) is 31.5 Å². The van der Waals surface area contributed by atoms with Crippen LogP contribution in [0.25, 0.3) is 10.2 Å². The molecule has 0 aliphatic rings. The minimum Gasteiger partial charge on any atom is -0.486 e. The van der Waals surface area contributed by atoms with Crippen LogP contribution in [0.4, 0.5) is 0 Å². The first-order chi connectivity index (χ1) is 10.1. The zero-order chi connectivity index (χ0) is 14.8. The standard InChI is InChI=1S/C17H16ClNOS/c1-11(2)12-3-5-16(14(18)9-12)20-10-13-4-6-17-15(19-13)7-8-21-17/h3-9,11H,10H2,1-2H3. The van der Waals surface area contributed by atoms with Gasteiger partial charge in [-0.15, -0.1) is 11.3 Å². The van der Waals surface area contributed by atoms with Gasteiger partial charge in [0.2, 0.25) is 0 Å². The number of hydrogen-bond acceptors (Lipinski definition) is 3. The number of nitrogens with zero attached hydrogens (tertiary/aromatic N) is 1. The van der Waals surface area contributed by atoms with E-state index in [0.717, 1.165) is 11.2 Å². The van der Waals surface area contributed by atoms with Crippen LogP contribution in [-0.4, -0.2) is 4.98 Å². The van der Waals surface area contributed by atoms with Crippen molar-refractivity contribution in [1.29, 1.82) is 0 Å². The number of aromatic nitrogens is 1. The Morgan fingerprint density at radius 1 is 1.19 bits per heavy atom. The molecule has 21 heavy (non-hydrogen) atoms. The highest BCUT2D eigenvalue weighted by Crippen LogP contribution is 2.29. The molecule has 0 atom stereocenters. The fourth-order valence-electron chi connectivity index (χ4n) is 2.12. The predicted octanol–water partition coefficient (Wildman–Crippen LogP) is 5.65. The maximum absolute atomic E-state index is 6.27. The summed E-state index contributed by atoms with van der Waals surface area (Å²) in [6.07, 6.45) is 0. The van der Waals surface area contributed by atoms with Crippen molar-refractivity contribution in [3.63, 3.8) is 0 Å². The fourth-order valence-corrected chi connectivity index (χ4v) is 3.09. The number of pyridine rings is 1. The average Bonchev–Trinajstić information content (AvgIpc) is 2.93. The van der Waals surface area contributed by atoms with Gasteiger partial charge in [0.1, 0.15) is 12.4 Å². The Bertz CT molecular complexity index is 766. The predicted molar refractivity (Wildman–Crippen MR) is 89.5 cm³/mol. The molecule has 0 spiro atoms. The Morgan fingerprint density at radius 3 is 2.81 bits per heavy atom. The Hall–Kier alpha value is -1.58. The van der Waals surface area contributed by atoms with Crippen molar-refractivity contribution in [2.45, 2.75) is 26.4 Å². The zero-order valence-electron chi connectivity index (χ0n) is 12.0. The molecule has 4 heteroatoms. The summed E-state index contributed by atoms with van der Waals surface area (Å²) >= 11 is 7.97. The molecule has 108 valence electrons. The lowest BCUT2D eigenvalue weighted by Gasteiger charge is -2.11. The van der Waals surface area contributed by atoms with Gasteiger partial charge >= 0.3 is 0 Å². The number of ether oxygens (including phenoxy) is 1. The van der Waals surface area contributed by atoms with Gasteiger partial charge in [-0.25, -0.2) is 4.98 Å². The van der Waals surface area contributed by atoms with Crippen molar-refractivity contribution >= 4 is 33.2 Å². The Labute approximate surface area is 133 Å². The van der Waals surface area contributed by atoms with Crippen LogP contribution in [0.3, 0.4) is 0 Å². The van der Waals surface area contributed by atoms with E-state index in [9.17, 15) is 0 Å². The lowest BCUT2D eigenvalue weighted by Crippen LogP contribution is -1.99. The van der Waals surface area contributed by atoms with Crippen LogP contribution in [0.5, 0.6) is 5.75 Å². The molecule has 0 bridgehead atoms. The number of benzene rings is 1. The summed E-state index contributed by atoms with van der Waals surface area (Å²) in [5.41, 5.74) is 3.14. The number of rotatable bonds is 4. The van der Waals surface area contributed by atoms with E-state index in [1.165, 1.54) is 10.3 Å². The maximum Gasteiger partial charge on any atom is 0.138 e. The average molecular weight is 318 g/mol. The number of hydrogen-bond donors (Lipinski definition) is 0. The van der Waals surface area contributed by atoms with E-state index in [0.29, 0.717) is 23.3 Å². The lowest BCUT2D eigenvalue weighted by atomic mass is 10.0. The molecule has 0 radical (unpaired) electrons. The Kier molecular flexibility index (Phi) is 4.13. The van der Waals surface area contributed by atoms with Crippen molar-refractivity contribution in [2.75, 3.05) is 0 Å². The van der Waals surface area contributed by atoms with Crippen molar-refractivity contribution in [3.05, 3.63) is 58.1 Å². The molecule has 0 saturated heterocycles. The monoisotopic (exact) mass is 317 g/mol. The summed E-state index contributed by atoms with van der Waals surface area (Å²) in [7, 11) is 0. The third-order valence-corrected chi connectivity index (χ3v) is 4.53. The van der Waals surface area contributed by atoms with E-state index < -0.39 is 0 Å². The van der Waals surface area contributed by atoms with E-state index in [1.54, 1.807) is 11.3 Å². The van der Waals surface area contributed by atoms with Crippen LogP contribution in [0, 0.1) is 0 Å². The normalized spacial score (nSPS) is 11.2. The topological polar surface area (TPSA) is 22.1 Å². The highest BCUT2D eigenvalue weighted by Gasteiger charge is 2.07. The molecule has 2 aromatic heterocycles. The summed E-state index contributed by atoms with van der Waals surface area (Å²) in [5, 5.41) is 2.70. The number of halogens is 1. The van der Waals surface area contributed by atoms with Gasteiger partial charge in [0.15, 0.2) is 0 Å². The molecule has 2 heterocycles. The first kappa shape index (κ1) is 14.4. The van der Waals surface area contributed by atoms with Crippen LogP contribution in [-0.2, 0) is 6.61 Å². The molecule has 3 aromatic rings. The van der Waals surface area contributed by atoms with Crippen molar-refractivity contribution in [3.8, 4) is 5.75 Å². The van der Waals surface area contributed by atoms with E-state index in [2.05, 4.69) is 31.0 Å². The van der Waals surface area contributed by atoms with Crippen LogP contribution in [0.1, 0.15) is 31.0 Å². The van der Waals surface area contributed by atoms with Gasteiger partial charge in [0.25, 0.3) is 0 Å². The van der Waals surface area contributed by atoms with Crippen molar-refractivity contribution in [1.82, 2.24) is 4.98 Å². The summed E-state index contributed by atoms with van der Waals surface area (Å²) in [6.45, 7) is 4.71. The molecule has 0 aliphatic heterocycles.